The highest BCUT2D eigenvalue weighted by molar-refractivity contribution is 7.73. The molecule has 8 heteroatoms. The molecule has 0 aliphatic carbocycles. The van der Waals surface area contributed by atoms with Crippen molar-refractivity contribution in [1.82, 2.24) is 20.7 Å². The SMILES string of the molecule is N=C([O-])c1cn2[nH]c(=S)sc2n1.[NH4+]. The molecule has 0 bridgehead atoms. The van der Waals surface area contributed by atoms with Gasteiger partial charge in [0.15, 0.2) is 3.95 Å². The Hall–Kier alpha value is -1.25. The van der Waals surface area contributed by atoms with Gasteiger partial charge in [0, 0.05) is 5.90 Å². The van der Waals surface area contributed by atoms with Crippen molar-refractivity contribution in [2.45, 2.75) is 0 Å². The van der Waals surface area contributed by atoms with Crippen molar-refractivity contribution < 1.29 is 5.11 Å². The number of fused-ring (bicyclic) bond motifs is 1. The molecular formula is C5H7N5OS2. The lowest BCUT2D eigenvalue weighted by Gasteiger charge is -1.98. The summed E-state index contributed by atoms with van der Waals surface area (Å²) in [6, 6.07) is 0. The van der Waals surface area contributed by atoms with Crippen LogP contribution in [0.25, 0.3) is 4.96 Å². The lowest BCUT2D eigenvalue weighted by molar-refractivity contribution is -0.214. The molecule has 6 nitrogen and oxygen atoms in total. The van der Waals surface area contributed by atoms with Crippen molar-refractivity contribution in [1.29, 1.82) is 5.41 Å². The Morgan fingerprint density at radius 1 is 1.77 bits per heavy atom. The molecule has 0 saturated heterocycles. The van der Waals surface area contributed by atoms with E-state index in [-0.39, 0.29) is 11.8 Å². The fourth-order valence-corrected chi connectivity index (χ4v) is 1.80. The standard InChI is InChI=1S/C5H4N4OS2.H3N/c6-3(10)2-1-9-4(7-2)12-5(11)8-9;/h1H,(H2,6,10)(H,8,11);1H3. The van der Waals surface area contributed by atoms with Crippen LogP contribution >= 0.6 is 23.6 Å². The number of nitrogens with one attached hydrogen (secondary N) is 2. The van der Waals surface area contributed by atoms with Crippen molar-refractivity contribution in [3.05, 3.63) is 15.8 Å². The fourth-order valence-electron chi connectivity index (χ4n) is 0.829. The van der Waals surface area contributed by atoms with Crippen LogP contribution in [0.1, 0.15) is 5.69 Å². The molecule has 0 radical (unpaired) electrons. The van der Waals surface area contributed by atoms with Gasteiger partial charge in [-0.15, -0.1) is 0 Å². The Morgan fingerprint density at radius 2 is 2.46 bits per heavy atom. The Labute approximate surface area is 81.9 Å². The fraction of sp³-hybridized carbons (Fsp3) is 0. The molecule has 0 fully saturated rings. The van der Waals surface area contributed by atoms with Crippen LogP contribution in [0.3, 0.4) is 0 Å². The first-order valence-corrected chi connectivity index (χ1v) is 4.23. The zero-order valence-corrected chi connectivity index (χ0v) is 8.33. The summed E-state index contributed by atoms with van der Waals surface area (Å²) in [6.07, 6.45) is 1.46. The van der Waals surface area contributed by atoms with Crippen molar-refractivity contribution >= 4 is 34.4 Å². The van der Waals surface area contributed by atoms with E-state index >= 15 is 0 Å². The van der Waals surface area contributed by atoms with Gasteiger partial charge >= 0.3 is 0 Å². The van der Waals surface area contributed by atoms with Crippen molar-refractivity contribution in [2.75, 3.05) is 0 Å². The second kappa shape index (κ2) is 3.24. The van der Waals surface area contributed by atoms with E-state index in [0.717, 1.165) is 0 Å². The molecule has 0 amide bonds. The highest BCUT2D eigenvalue weighted by Gasteiger charge is 2.01. The molecule has 0 atom stereocenters. The van der Waals surface area contributed by atoms with Gasteiger partial charge in [0.25, 0.3) is 0 Å². The minimum absolute atomic E-state index is 0. The largest absolute Gasteiger partial charge is 0.858 e. The normalized spacial score (nSPS) is 9.85. The van der Waals surface area contributed by atoms with Crippen LogP contribution in [0.2, 0.25) is 0 Å². The summed E-state index contributed by atoms with van der Waals surface area (Å²) in [5.74, 6) is -0.787. The molecule has 0 unspecified atom stereocenters. The van der Waals surface area contributed by atoms with Gasteiger partial charge in [-0.2, -0.15) is 0 Å². The van der Waals surface area contributed by atoms with E-state index in [4.69, 9.17) is 17.6 Å². The number of hydrogen-bond acceptors (Lipinski definition) is 5. The van der Waals surface area contributed by atoms with Crippen LogP contribution in [0.4, 0.5) is 0 Å². The topological polar surface area (TPSA) is 116 Å². The molecule has 0 aliphatic heterocycles. The summed E-state index contributed by atoms with van der Waals surface area (Å²) in [5.41, 5.74) is 0.132. The van der Waals surface area contributed by atoms with Crippen LogP contribution in [0.5, 0.6) is 0 Å². The van der Waals surface area contributed by atoms with E-state index in [1.807, 2.05) is 0 Å². The van der Waals surface area contributed by atoms with Crippen molar-refractivity contribution in [3.8, 4) is 0 Å². The summed E-state index contributed by atoms with van der Waals surface area (Å²) >= 11 is 6.11. The first-order valence-electron chi connectivity index (χ1n) is 3.01. The third kappa shape index (κ3) is 1.59. The first-order chi connectivity index (χ1) is 5.66. The number of H-pyrrole nitrogens is 1. The number of aromatic amines is 1. The highest BCUT2D eigenvalue weighted by Crippen LogP contribution is 2.10. The lowest BCUT2D eigenvalue weighted by atomic mass is 10.5. The Kier molecular flexibility index (Phi) is 2.45. The van der Waals surface area contributed by atoms with Gasteiger partial charge in [0.05, 0.1) is 11.9 Å². The summed E-state index contributed by atoms with van der Waals surface area (Å²) in [7, 11) is 0. The predicted octanol–water partition coefficient (Wildman–Crippen LogP) is 0.515. The molecule has 2 heterocycles. The van der Waals surface area contributed by atoms with E-state index in [1.54, 1.807) is 0 Å². The molecule has 0 spiro atoms. The van der Waals surface area contributed by atoms with E-state index in [2.05, 4.69) is 10.1 Å². The van der Waals surface area contributed by atoms with Gasteiger partial charge in [0.1, 0.15) is 0 Å². The van der Waals surface area contributed by atoms with Crippen molar-refractivity contribution in [3.63, 3.8) is 0 Å². The molecule has 6 N–H and O–H groups in total. The maximum Gasteiger partial charge on any atom is 0.211 e. The maximum absolute atomic E-state index is 10.6. The second-order valence-corrected chi connectivity index (χ2v) is 3.75. The van der Waals surface area contributed by atoms with Crippen LogP contribution in [0, 0.1) is 9.36 Å². The number of quaternary nitrogens is 1. The van der Waals surface area contributed by atoms with Crippen LogP contribution in [-0.4, -0.2) is 20.5 Å². The molecule has 2 aromatic heterocycles. The summed E-state index contributed by atoms with van der Waals surface area (Å²) in [4.78, 5) is 4.49. The quantitative estimate of drug-likeness (QED) is 0.367. The van der Waals surface area contributed by atoms with Crippen LogP contribution < -0.4 is 11.3 Å². The first kappa shape index (κ1) is 9.84. The molecule has 0 aromatic carbocycles. The van der Waals surface area contributed by atoms with Crippen LogP contribution in [-0.2, 0) is 0 Å². The number of nitrogens with zero attached hydrogens (tertiary/aromatic N) is 2. The van der Waals surface area contributed by atoms with Gasteiger partial charge in [-0.3, -0.25) is 5.10 Å². The molecule has 13 heavy (non-hydrogen) atoms. The van der Waals surface area contributed by atoms with Gasteiger partial charge in [0.2, 0.25) is 4.96 Å². The van der Waals surface area contributed by atoms with E-state index in [0.29, 0.717) is 8.92 Å². The van der Waals surface area contributed by atoms with E-state index in [9.17, 15) is 5.11 Å². The van der Waals surface area contributed by atoms with Gasteiger partial charge < -0.3 is 16.7 Å². The summed E-state index contributed by atoms with van der Waals surface area (Å²) < 4.78 is 2.14. The Bertz CT molecular complexity index is 460. The third-order valence-corrected chi connectivity index (χ3v) is 2.39. The van der Waals surface area contributed by atoms with Gasteiger partial charge in [-0.05, 0) is 12.2 Å². The number of aromatic nitrogens is 3. The predicted molar refractivity (Wildman–Crippen MR) is 51.1 cm³/mol. The van der Waals surface area contributed by atoms with E-state index < -0.39 is 5.90 Å². The molecule has 0 saturated carbocycles. The molecule has 2 aromatic rings. The van der Waals surface area contributed by atoms with Crippen molar-refractivity contribution in [2.24, 2.45) is 0 Å². The molecule has 70 valence electrons. The molecule has 0 aliphatic rings. The monoisotopic (exact) mass is 217 g/mol. The maximum atomic E-state index is 10.6. The minimum atomic E-state index is -0.787. The average Bonchev–Trinajstić information content (AvgIpc) is 2.42. The number of imidazole rings is 1. The Balaban J connectivity index is 0.000000845. The lowest BCUT2D eigenvalue weighted by Crippen LogP contribution is -2.17. The zero-order valence-electron chi connectivity index (χ0n) is 6.70. The number of rotatable bonds is 1. The second-order valence-electron chi connectivity index (χ2n) is 2.11. The van der Waals surface area contributed by atoms with Gasteiger partial charge in [-0.1, -0.05) is 11.3 Å². The minimum Gasteiger partial charge on any atom is -0.858 e. The van der Waals surface area contributed by atoms with Gasteiger partial charge in [-0.25, -0.2) is 9.50 Å². The third-order valence-electron chi connectivity index (χ3n) is 1.30. The Morgan fingerprint density at radius 3 is 3.00 bits per heavy atom. The smallest absolute Gasteiger partial charge is 0.211 e. The highest BCUT2D eigenvalue weighted by atomic mass is 32.1. The zero-order chi connectivity index (χ0) is 8.72. The average molecular weight is 217 g/mol. The molecular weight excluding hydrogens is 210 g/mol. The van der Waals surface area contributed by atoms with E-state index in [1.165, 1.54) is 22.0 Å². The summed E-state index contributed by atoms with van der Waals surface area (Å²) in [6.45, 7) is 0. The number of hydrogen-bond donors (Lipinski definition) is 3. The molecule has 2 rings (SSSR count). The summed E-state index contributed by atoms with van der Waals surface area (Å²) in [5, 5.41) is 20.1. The van der Waals surface area contributed by atoms with Crippen LogP contribution in [0.15, 0.2) is 6.20 Å².